The predicted molar refractivity (Wildman–Crippen MR) is 67.0 cm³/mol. The van der Waals surface area contributed by atoms with Gasteiger partial charge in [0.05, 0.1) is 0 Å². The first-order valence-corrected chi connectivity index (χ1v) is 5.54. The summed E-state index contributed by atoms with van der Waals surface area (Å²) >= 11 is 0. The van der Waals surface area contributed by atoms with E-state index in [0.29, 0.717) is 17.9 Å². The quantitative estimate of drug-likeness (QED) is 0.868. The second-order valence-electron chi connectivity index (χ2n) is 4.48. The Morgan fingerprint density at radius 2 is 1.88 bits per heavy atom. The van der Waals surface area contributed by atoms with Crippen molar-refractivity contribution in [1.29, 1.82) is 0 Å². The first-order valence-electron chi connectivity index (χ1n) is 5.54. The van der Waals surface area contributed by atoms with Crippen LogP contribution in [0.5, 0.6) is 0 Å². The minimum Gasteiger partial charge on any atom is -0.339 e. The molecule has 0 bridgehead atoms. The van der Waals surface area contributed by atoms with Crippen molar-refractivity contribution in [3.63, 3.8) is 0 Å². The van der Waals surface area contributed by atoms with Gasteiger partial charge < -0.3 is 9.84 Å². The molecule has 0 fully saturated rings. The Balaban J connectivity index is 0.00000225. The Hall–Kier alpha value is -0.610. The van der Waals surface area contributed by atoms with Crippen LogP contribution in [-0.2, 0) is 6.42 Å². The van der Waals surface area contributed by atoms with E-state index in [1.165, 1.54) is 0 Å². The lowest BCUT2D eigenvalue weighted by Gasteiger charge is -2.09. The van der Waals surface area contributed by atoms with Crippen molar-refractivity contribution < 1.29 is 4.52 Å². The van der Waals surface area contributed by atoms with E-state index in [4.69, 9.17) is 4.52 Å². The molecular formula is C11H22ClN3O. The van der Waals surface area contributed by atoms with Gasteiger partial charge in [-0.15, -0.1) is 12.4 Å². The number of likely N-dealkylation sites (N-methyl/N-ethyl adjacent to an activating group) is 1. The molecule has 1 aromatic rings. The third-order valence-corrected chi connectivity index (χ3v) is 2.85. The first-order chi connectivity index (χ1) is 7.04. The van der Waals surface area contributed by atoms with Gasteiger partial charge in [0.25, 0.3) is 0 Å². The molecule has 1 aromatic heterocycles. The van der Waals surface area contributed by atoms with E-state index >= 15 is 0 Å². The van der Waals surface area contributed by atoms with Crippen LogP contribution < -0.4 is 5.32 Å². The van der Waals surface area contributed by atoms with E-state index in [0.717, 1.165) is 18.1 Å². The molecule has 1 heterocycles. The molecule has 1 N–H and O–H groups in total. The van der Waals surface area contributed by atoms with Crippen LogP contribution in [0.15, 0.2) is 4.52 Å². The number of halogens is 1. The van der Waals surface area contributed by atoms with Gasteiger partial charge in [0.1, 0.15) is 0 Å². The van der Waals surface area contributed by atoms with Gasteiger partial charge in [-0.05, 0) is 19.9 Å². The van der Waals surface area contributed by atoms with Crippen LogP contribution in [0.4, 0.5) is 0 Å². The molecule has 0 saturated carbocycles. The van der Waals surface area contributed by atoms with Crippen LogP contribution in [0.25, 0.3) is 0 Å². The zero-order chi connectivity index (χ0) is 11.4. The molecule has 0 aromatic carbocycles. The van der Waals surface area contributed by atoms with E-state index in [2.05, 4.69) is 43.2 Å². The smallest absolute Gasteiger partial charge is 0.229 e. The maximum absolute atomic E-state index is 5.24. The molecule has 0 radical (unpaired) electrons. The first kappa shape index (κ1) is 15.4. The molecule has 0 aliphatic carbocycles. The third-order valence-electron chi connectivity index (χ3n) is 2.85. The Bertz CT molecular complexity index is 301. The molecule has 0 spiro atoms. The summed E-state index contributed by atoms with van der Waals surface area (Å²) in [6, 6.07) is 0.379. The van der Waals surface area contributed by atoms with Crippen molar-refractivity contribution in [3.05, 3.63) is 11.7 Å². The molecule has 2 atom stereocenters. The van der Waals surface area contributed by atoms with Crippen LogP contribution in [0.1, 0.15) is 45.3 Å². The summed E-state index contributed by atoms with van der Waals surface area (Å²) in [6.07, 6.45) is 0.810. The van der Waals surface area contributed by atoms with Crippen molar-refractivity contribution in [2.24, 2.45) is 5.92 Å². The van der Waals surface area contributed by atoms with Crippen molar-refractivity contribution in [1.82, 2.24) is 15.5 Å². The molecule has 0 saturated heterocycles. The number of nitrogens with one attached hydrogen (secondary N) is 1. The molecule has 2 unspecified atom stereocenters. The highest BCUT2D eigenvalue weighted by atomic mass is 35.5. The molecule has 16 heavy (non-hydrogen) atoms. The molecule has 1 rings (SSSR count). The van der Waals surface area contributed by atoms with Gasteiger partial charge in [-0.25, -0.2) is 0 Å². The van der Waals surface area contributed by atoms with Crippen molar-refractivity contribution in [2.45, 2.75) is 46.1 Å². The fourth-order valence-corrected chi connectivity index (χ4v) is 1.20. The maximum atomic E-state index is 5.24. The number of hydrogen-bond acceptors (Lipinski definition) is 4. The molecule has 0 aliphatic heterocycles. The van der Waals surface area contributed by atoms with Crippen LogP contribution in [0.2, 0.25) is 0 Å². The topological polar surface area (TPSA) is 51.0 Å². The lowest BCUT2D eigenvalue weighted by molar-refractivity contribution is 0.328. The molecule has 94 valence electrons. The molecule has 5 heteroatoms. The lowest BCUT2D eigenvalue weighted by atomic mass is 9.98. The minimum atomic E-state index is 0. The van der Waals surface area contributed by atoms with Crippen molar-refractivity contribution in [2.75, 3.05) is 7.05 Å². The summed E-state index contributed by atoms with van der Waals surface area (Å²) in [5.74, 6) is 2.40. The van der Waals surface area contributed by atoms with E-state index in [1.54, 1.807) is 0 Å². The Morgan fingerprint density at radius 1 is 1.25 bits per heavy atom. The minimum absolute atomic E-state index is 0. The van der Waals surface area contributed by atoms with Crippen LogP contribution >= 0.6 is 12.4 Å². The number of aromatic nitrogens is 2. The van der Waals surface area contributed by atoms with E-state index in [1.807, 2.05) is 7.05 Å². The van der Waals surface area contributed by atoms with Gasteiger partial charge in [0.2, 0.25) is 5.89 Å². The fourth-order valence-electron chi connectivity index (χ4n) is 1.20. The van der Waals surface area contributed by atoms with Crippen LogP contribution in [0.3, 0.4) is 0 Å². The van der Waals surface area contributed by atoms with Crippen LogP contribution in [0, 0.1) is 5.92 Å². The zero-order valence-electron chi connectivity index (χ0n) is 10.7. The number of nitrogens with zero attached hydrogens (tertiary/aromatic N) is 2. The monoisotopic (exact) mass is 247 g/mol. The highest BCUT2D eigenvalue weighted by Gasteiger charge is 2.17. The standard InChI is InChI=1S/C11H21N3O.ClH/c1-7(2)9(4)11-13-10(14-15-11)6-8(3)12-5;/h7-9,12H,6H2,1-5H3;1H. The molecule has 0 aliphatic rings. The summed E-state index contributed by atoms with van der Waals surface area (Å²) in [5.41, 5.74) is 0. The Kier molecular flexibility index (Phi) is 6.60. The van der Waals surface area contributed by atoms with Gasteiger partial charge >= 0.3 is 0 Å². The number of hydrogen-bond donors (Lipinski definition) is 1. The Morgan fingerprint density at radius 3 is 2.38 bits per heavy atom. The summed E-state index contributed by atoms with van der Waals surface area (Å²) in [7, 11) is 1.93. The maximum Gasteiger partial charge on any atom is 0.229 e. The number of rotatable bonds is 5. The SMILES string of the molecule is CNC(C)Cc1noc(C(C)C(C)C)n1.Cl. The normalized spacial score (nSPS) is 14.6. The van der Waals surface area contributed by atoms with E-state index in [-0.39, 0.29) is 12.4 Å². The lowest BCUT2D eigenvalue weighted by Crippen LogP contribution is -2.24. The van der Waals surface area contributed by atoms with Gasteiger partial charge in [-0.1, -0.05) is 25.9 Å². The molecule has 4 nitrogen and oxygen atoms in total. The fraction of sp³-hybridized carbons (Fsp3) is 0.818. The predicted octanol–water partition coefficient (Wildman–Crippen LogP) is 2.40. The van der Waals surface area contributed by atoms with Crippen LogP contribution in [-0.4, -0.2) is 23.2 Å². The molecule has 0 amide bonds. The summed E-state index contributed by atoms with van der Waals surface area (Å²) in [6.45, 7) is 8.53. The van der Waals surface area contributed by atoms with Gasteiger partial charge in [-0.2, -0.15) is 4.98 Å². The third kappa shape index (κ3) is 4.10. The van der Waals surface area contributed by atoms with Gasteiger partial charge in [0, 0.05) is 18.4 Å². The summed E-state index contributed by atoms with van der Waals surface area (Å²) in [5, 5.41) is 7.13. The zero-order valence-corrected chi connectivity index (χ0v) is 11.5. The second kappa shape index (κ2) is 6.86. The Labute approximate surface area is 104 Å². The van der Waals surface area contributed by atoms with Crippen molar-refractivity contribution >= 4 is 12.4 Å². The van der Waals surface area contributed by atoms with Gasteiger partial charge in [0.15, 0.2) is 5.82 Å². The van der Waals surface area contributed by atoms with E-state index in [9.17, 15) is 0 Å². The highest BCUT2D eigenvalue weighted by Crippen LogP contribution is 2.21. The summed E-state index contributed by atoms with van der Waals surface area (Å²) in [4.78, 5) is 4.40. The average Bonchev–Trinajstić information content (AvgIpc) is 2.64. The average molecular weight is 248 g/mol. The highest BCUT2D eigenvalue weighted by molar-refractivity contribution is 5.85. The second-order valence-corrected chi connectivity index (χ2v) is 4.48. The van der Waals surface area contributed by atoms with Crippen molar-refractivity contribution in [3.8, 4) is 0 Å². The van der Waals surface area contributed by atoms with E-state index < -0.39 is 0 Å². The van der Waals surface area contributed by atoms with Gasteiger partial charge in [-0.3, -0.25) is 0 Å². The largest absolute Gasteiger partial charge is 0.339 e. The molecular weight excluding hydrogens is 226 g/mol. The summed E-state index contributed by atoms with van der Waals surface area (Å²) < 4.78 is 5.24.